The van der Waals surface area contributed by atoms with E-state index in [-0.39, 0.29) is 19.4 Å². The molecule has 0 bridgehead atoms. The van der Waals surface area contributed by atoms with E-state index in [9.17, 15) is 35.1 Å². The van der Waals surface area contributed by atoms with Gasteiger partial charge >= 0.3 is 5.97 Å². The lowest BCUT2D eigenvalue weighted by Crippen LogP contribution is -2.61. The fourth-order valence-corrected chi connectivity index (χ4v) is 7.24. The van der Waals surface area contributed by atoms with Crippen LogP contribution >= 0.6 is 0 Å². The van der Waals surface area contributed by atoms with E-state index in [4.69, 9.17) is 14.2 Å². The normalized spacial score (nSPS) is 20.8. The first-order chi connectivity index (χ1) is 34.2. The fourth-order valence-electron chi connectivity index (χ4n) is 7.24. The Bertz CT molecular complexity index is 1640. The number of aliphatic hydroxyl groups excluding tert-OH is 5. The predicted molar refractivity (Wildman–Crippen MR) is 287 cm³/mol. The van der Waals surface area contributed by atoms with Crippen molar-refractivity contribution < 1.29 is 49.3 Å². The first-order valence-electron chi connectivity index (χ1n) is 26.5. The number of amides is 1. The van der Waals surface area contributed by atoms with Crippen LogP contribution in [0.25, 0.3) is 0 Å². The van der Waals surface area contributed by atoms with E-state index in [0.717, 1.165) is 64.2 Å². The number of allylic oxidation sites excluding steroid dienone is 21. The standard InChI is InChI=1S/C59H93NO10/c1-4-7-10-13-16-19-22-25-26-27-28-29-32-35-38-41-44-47-54(64)70-57-56(66)55(65)53(48-61)69-59(57)68-49-50(51(62)45-42-39-36-33-30-23-20-17-14-11-8-5-2)60-58(67)52(63)46-43-40-37-34-31-24-21-18-15-12-9-6-3/h7,9-10,12,15-16,18-19,21,24-26,28-29,31,34-35,37-38,40,42,45,50-53,55-57,59,61-63,65-66H,4-6,8,11,13-14,17,20,22-23,27,30,32-33,36,39,41,43-44,46-49H2,1-3H3,(H,60,67)/b10-7-,12-9+,18-15+,19-16-,24-21-,26-25-,29-28-,34-31-,38-35-,40-37+,45-42+. The zero-order chi connectivity index (χ0) is 51.1. The van der Waals surface area contributed by atoms with Crippen LogP contribution in [-0.4, -0.2) is 99.6 Å². The number of rotatable bonds is 41. The number of hydrogen-bond acceptors (Lipinski definition) is 10. The molecule has 0 aromatic rings. The maximum Gasteiger partial charge on any atom is 0.306 e. The van der Waals surface area contributed by atoms with E-state index in [2.05, 4.69) is 80.8 Å². The third kappa shape index (κ3) is 34.2. The number of carbonyl (C=O) groups excluding carboxylic acids is 2. The summed E-state index contributed by atoms with van der Waals surface area (Å²) in [7, 11) is 0. The van der Waals surface area contributed by atoms with Gasteiger partial charge in [-0.25, -0.2) is 0 Å². The van der Waals surface area contributed by atoms with Crippen molar-refractivity contribution in [3.63, 3.8) is 0 Å². The van der Waals surface area contributed by atoms with Crippen LogP contribution in [0.5, 0.6) is 0 Å². The molecule has 11 nitrogen and oxygen atoms in total. The Morgan fingerprint density at radius 3 is 1.67 bits per heavy atom. The molecular weight excluding hydrogens is 883 g/mol. The molecule has 1 amide bonds. The molecule has 394 valence electrons. The lowest BCUT2D eigenvalue weighted by atomic mass is 9.99. The van der Waals surface area contributed by atoms with Gasteiger partial charge in [-0.1, -0.05) is 212 Å². The Kier molecular flexibility index (Phi) is 41.9. The van der Waals surface area contributed by atoms with Crippen LogP contribution in [0.4, 0.5) is 0 Å². The highest BCUT2D eigenvalue weighted by Crippen LogP contribution is 2.26. The van der Waals surface area contributed by atoms with Gasteiger partial charge in [0.25, 0.3) is 0 Å². The van der Waals surface area contributed by atoms with Crippen molar-refractivity contribution >= 4 is 11.9 Å². The van der Waals surface area contributed by atoms with E-state index < -0.39 is 67.4 Å². The van der Waals surface area contributed by atoms with Gasteiger partial charge in [-0.3, -0.25) is 9.59 Å². The maximum absolute atomic E-state index is 13.3. The Hall–Kier alpha value is -4.20. The van der Waals surface area contributed by atoms with E-state index in [1.54, 1.807) is 6.08 Å². The SMILES string of the molecule is CC/C=C\C/C=C\C/C=C\C/C=C\C/C=C\CCCC(=O)OC1C(OCC(NC(=O)C(O)CC/C=C/C=C\C=C/C=C/C=C/CC)C(O)/C=C/CCCCCCCCCCCC)OC(CO)C(O)C1O. The summed E-state index contributed by atoms with van der Waals surface area (Å²) < 4.78 is 17.4. The van der Waals surface area contributed by atoms with Crippen LogP contribution in [0.1, 0.15) is 162 Å². The highest BCUT2D eigenvalue weighted by Gasteiger charge is 2.47. The highest BCUT2D eigenvalue weighted by molar-refractivity contribution is 5.80. The minimum absolute atomic E-state index is 0.0280. The van der Waals surface area contributed by atoms with Crippen LogP contribution in [0, 0.1) is 0 Å². The molecular formula is C59H93NO10. The molecule has 0 aliphatic carbocycles. The van der Waals surface area contributed by atoms with Gasteiger partial charge in [-0.15, -0.1) is 0 Å². The summed E-state index contributed by atoms with van der Waals surface area (Å²) in [6.07, 6.45) is 53.8. The van der Waals surface area contributed by atoms with E-state index in [1.807, 2.05) is 72.9 Å². The van der Waals surface area contributed by atoms with E-state index in [0.29, 0.717) is 19.3 Å². The van der Waals surface area contributed by atoms with E-state index in [1.165, 1.54) is 44.9 Å². The molecule has 1 heterocycles. The van der Waals surface area contributed by atoms with Gasteiger partial charge in [0.1, 0.15) is 24.4 Å². The van der Waals surface area contributed by atoms with Gasteiger partial charge in [0, 0.05) is 6.42 Å². The molecule has 1 fully saturated rings. The molecule has 1 rings (SSSR count). The minimum Gasteiger partial charge on any atom is -0.454 e. The lowest BCUT2D eigenvalue weighted by Gasteiger charge is -2.41. The minimum atomic E-state index is -1.66. The summed E-state index contributed by atoms with van der Waals surface area (Å²) in [5, 5.41) is 56.5. The molecule has 0 spiro atoms. The van der Waals surface area contributed by atoms with Crippen LogP contribution in [0.2, 0.25) is 0 Å². The Morgan fingerprint density at radius 2 is 1.10 bits per heavy atom. The molecule has 0 aromatic heterocycles. The zero-order valence-electron chi connectivity index (χ0n) is 43.1. The van der Waals surface area contributed by atoms with Crippen molar-refractivity contribution in [2.75, 3.05) is 13.2 Å². The number of hydrogen-bond donors (Lipinski definition) is 6. The lowest BCUT2D eigenvalue weighted by molar-refractivity contribution is -0.305. The number of ether oxygens (including phenoxy) is 3. The topological polar surface area (TPSA) is 175 Å². The Labute approximate surface area is 422 Å². The molecule has 6 N–H and O–H groups in total. The van der Waals surface area contributed by atoms with Gasteiger partial charge < -0.3 is 45.1 Å². The number of nitrogens with one attached hydrogen (secondary N) is 1. The number of carbonyl (C=O) groups is 2. The van der Waals surface area contributed by atoms with Crippen LogP contribution in [0.15, 0.2) is 134 Å². The summed E-state index contributed by atoms with van der Waals surface area (Å²) in [5.41, 5.74) is 0. The summed E-state index contributed by atoms with van der Waals surface area (Å²) in [4.78, 5) is 26.3. The van der Waals surface area contributed by atoms with Gasteiger partial charge in [-0.2, -0.15) is 0 Å². The second-order valence-electron chi connectivity index (χ2n) is 17.6. The molecule has 11 heteroatoms. The quantitative estimate of drug-likeness (QED) is 0.0150. The number of esters is 1. The second-order valence-corrected chi connectivity index (χ2v) is 17.6. The molecule has 70 heavy (non-hydrogen) atoms. The van der Waals surface area contributed by atoms with Crippen LogP contribution in [-0.2, 0) is 23.8 Å². The van der Waals surface area contributed by atoms with Crippen molar-refractivity contribution in [2.24, 2.45) is 0 Å². The number of aliphatic hydroxyl groups is 5. The molecule has 1 aliphatic rings. The average Bonchev–Trinajstić information content (AvgIpc) is 3.36. The van der Waals surface area contributed by atoms with Crippen LogP contribution < -0.4 is 5.32 Å². The molecule has 8 atom stereocenters. The highest BCUT2D eigenvalue weighted by atomic mass is 16.7. The third-order valence-corrected chi connectivity index (χ3v) is 11.4. The molecule has 0 radical (unpaired) electrons. The van der Waals surface area contributed by atoms with Crippen molar-refractivity contribution in [3.05, 3.63) is 134 Å². The monoisotopic (exact) mass is 976 g/mol. The van der Waals surface area contributed by atoms with E-state index >= 15 is 0 Å². The first-order valence-corrected chi connectivity index (χ1v) is 26.5. The van der Waals surface area contributed by atoms with Crippen molar-refractivity contribution in [3.8, 4) is 0 Å². The Morgan fingerprint density at radius 1 is 0.586 bits per heavy atom. The largest absolute Gasteiger partial charge is 0.454 e. The molecule has 1 aliphatic heterocycles. The predicted octanol–water partition coefficient (Wildman–Crippen LogP) is 11.3. The summed E-state index contributed by atoms with van der Waals surface area (Å²) >= 11 is 0. The van der Waals surface area contributed by atoms with Gasteiger partial charge in [0.05, 0.1) is 25.4 Å². The zero-order valence-corrected chi connectivity index (χ0v) is 43.1. The average molecular weight is 976 g/mol. The second kappa shape index (κ2) is 45.9. The van der Waals surface area contributed by atoms with Gasteiger partial charge in [-0.05, 0) is 77.0 Å². The van der Waals surface area contributed by atoms with Gasteiger partial charge in [0.15, 0.2) is 12.4 Å². The summed E-state index contributed by atoms with van der Waals surface area (Å²) in [6.45, 7) is 5.39. The molecule has 1 saturated heterocycles. The smallest absolute Gasteiger partial charge is 0.306 e. The Balaban J connectivity index is 2.86. The first kappa shape index (κ1) is 63.8. The molecule has 0 saturated carbocycles. The van der Waals surface area contributed by atoms with Gasteiger partial charge in [0.2, 0.25) is 5.91 Å². The van der Waals surface area contributed by atoms with Crippen LogP contribution in [0.3, 0.4) is 0 Å². The maximum atomic E-state index is 13.3. The van der Waals surface area contributed by atoms with Crippen molar-refractivity contribution in [2.45, 2.75) is 211 Å². The summed E-state index contributed by atoms with van der Waals surface area (Å²) in [6, 6.07) is -1.08. The third-order valence-electron chi connectivity index (χ3n) is 11.4. The van der Waals surface area contributed by atoms with Crippen molar-refractivity contribution in [1.29, 1.82) is 0 Å². The summed E-state index contributed by atoms with van der Waals surface area (Å²) in [5.74, 6) is -1.35. The molecule has 0 aromatic carbocycles. The van der Waals surface area contributed by atoms with Crippen molar-refractivity contribution in [1.82, 2.24) is 5.32 Å². The number of unbranched alkanes of at least 4 members (excludes halogenated alkanes) is 11. The molecule has 8 unspecified atom stereocenters. The fraction of sp³-hybridized carbons (Fsp3) is 0.593.